The second kappa shape index (κ2) is 4.22. The van der Waals surface area contributed by atoms with Crippen LogP contribution < -0.4 is 4.74 Å². The second-order valence-corrected chi connectivity index (χ2v) is 4.40. The average Bonchev–Trinajstić information content (AvgIpc) is 2.74. The number of benzene rings is 2. The molecule has 0 aliphatic carbocycles. The predicted molar refractivity (Wildman–Crippen MR) is 75.0 cm³/mol. The SMILES string of the molecule is COc1ccc2[nH]c(C)c(-c3ccccc3)c2c1. The molecule has 0 saturated carbocycles. The molecule has 1 aromatic heterocycles. The Morgan fingerprint density at radius 2 is 1.78 bits per heavy atom. The van der Waals surface area contributed by atoms with Crippen LogP contribution in [-0.2, 0) is 0 Å². The fourth-order valence-electron chi connectivity index (χ4n) is 2.41. The number of methoxy groups -OCH3 is 1. The van der Waals surface area contributed by atoms with Crippen molar-refractivity contribution in [2.45, 2.75) is 6.92 Å². The number of fused-ring (bicyclic) bond motifs is 1. The van der Waals surface area contributed by atoms with Crippen LogP contribution in [0.15, 0.2) is 48.5 Å². The summed E-state index contributed by atoms with van der Waals surface area (Å²) >= 11 is 0. The van der Waals surface area contributed by atoms with Crippen LogP contribution in [0.3, 0.4) is 0 Å². The minimum atomic E-state index is 0.888. The smallest absolute Gasteiger partial charge is 0.119 e. The highest BCUT2D eigenvalue weighted by Gasteiger charge is 2.10. The first-order chi connectivity index (χ1) is 8.79. The van der Waals surface area contributed by atoms with E-state index in [-0.39, 0.29) is 0 Å². The lowest BCUT2D eigenvalue weighted by Gasteiger charge is -2.03. The van der Waals surface area contributed by atoms with Crippen LogP contribution in [-0.4, -0.2) is 12.1 Å². The summed E-state index contributed by atoms with van der Waals surface area (Å²) in [5.41, 5.74) is 4.82. The Balaban J connectivity index is 2.30. The van der Waals surface area contributed by atoms with Crippen LogP contribution in [0.2, 0.25) is 0 Å². The molecule has 2 nitrogen and oxygen atoms in total. The van der Waals surface area contributed by atoms with Crippen molar-refractivity contribution < 1.29 is 4.74 Å². The molecule has 3 rings (SSSR count). The van der Waals surface area contributed by atoms with Gasteiger partial charge in [0.1, 0.15) is 5.75 Å². The van der Waals surface area contributed by atoms with Gasteiger partial charge in [0.05, 0.1) is 7.11 Å². The molecule has 1 N–H and O–H groups in total. The highest BCUT2D eigenvalue weighted by Crippen LogP contribution is 2.33. The number of aromatic nitrogens is 1. The standard InChI is InChI=1S/C16H15NO/c1-11-16(12-6-4-3-5-7-12)14-10-13(18-2)8-9-15(14)17-11/h3-10,17H,1-2H3. The molecule has 3 aromatic rings. The van der Waals surface area contributed by atoms with Crippen LogP contribution >= 0.6 is 0 Å². The zero-order valence-electron chi connectivity index (χ0n) is 10.5. The number of hydrogen-bond donors (Lipinski definition) is 1. The first-order valence-electron chi connectivity index (χ1n) is 6.01. The van der Waals surface area contributed by atoms with Gasteiger partial charge < -0.3 is 9.72 Å². The molecular formula is C16H15NO. The van der Waals surface area contributed by atoms with Gasteiger partial charge in [0.25, 0.3) is 0 Å². The van der Waals surface area contributed by atoms with E-state index >= 15 is 0 Å². The monoisotopic (exact) mass is 237 g/mol. The largest absolute Gasteiger partial charge is 0.497 e. The number of H-pyrrole nitrogens is 1. The van der Waals surface area contributed by atoms with Crippen LogP contribution in [0.1, 0.15) is 5.69 Å². The van der Waals surface area contributed by atoms with Gasteiger partial charge in [0.2, 0.25) is 0 Å². The van der Waals surface area contributed by atoms with Gasteiger partial charge in [-0.15, -0.1) is 0 Å². The van der Waals surface area contributed by atoms with Crippen molar-refractivity contribution >= 4 is 10.9 Å². The van der Waals surface area contributed by atoms with Crippen molar-refractivity contribution in [1.82, 2.24) is 4.98 Å². The first kappa shape index (κ1) is 10.9. The molecule has 0 fully saturated rings. The van der Waals surface area contributed by atoms with Crippen molar-refractivity contribution in [3.05, 3.63) is 54.2 Å². The molecule has 2 aromatic carbocycles. The van der Waals surface area contributed by atoms with E-state index in [1.807, 2.05) is 12.1 Å². The van der Waals surface area contributed by atoms with Gasteiger partial charge >= 0.3 is 0 Å². The van der Waals surface area contributed by atoms with Crippen molar-refractivity contribution in [2.24, 2.45) is 0 Å². The Morgan fingerprint density at radius 3 is 2.50 bits per heavy atom. The minimum Gasteiger partial charge on any atom is -0.497 e. The van der Waals surface area contributed by atoms with Crippen LogP contribution in [0.25, 0.3) is 22.0 Å². The highest BCUT2D eigenvalue weighted by molar-refractivity contribution is 5.98. The molecule has 0 unspecified atom stereocenters. The van der Waals surface area contributed by atoms with Gasteiger partial charge in [-0.2, -0.15) is 0 Å². The summed E-state index contributed by atoms with van der Waals surface area (Å²) in [5, 5.41) is 1.21. The van der Waals surface area contributed by atoms with Crippen molar-refractivity contribution in [2.75, 3.05) is 7.11 Å². The molecule has 2 heteroatoms. The maximum atomic E-state index is 5.31. The maximum Gasteiger partial charge on any atom is 0.119 e. The summed E-state index contributed by atoms with van der Waals surface area (Å²) in [6.07, 6.45) is 0. The molecule has 0 aliphatic rings. The van der Waals surface area contributed by atoms with E-state index < -0.39 is 0 Å². The number of rotatable bonds is 2. The van der Waals surface area contributed by atoms with E-state index in [0.717, 1.165) is 11.3 Å². The number of hydrogen-bond acceptors (Lipinski definition) is 1. The fraction of sp³-hybridized carbons (Fsp3) is 0.125. The number of nitrogens with one attached hydrogen (secondary N) is 1. The molecule has 90 valence electrons. The van der Waals surface area contributed by atoms with Gasteiger partial charge in [-0.05, 0) is 30.7 Å². The Kier molecular flexibility index (Phi) is 2.56. The molecule has 0 amide bonds. The van der Waals surface area contributed by atoms with Crippen LogP contribution in [0.5, 0.6) is 5.75 Å². The Hall–Kier alpha value is -2.22. The zero-order chi connectivity index (χ0) is 12.5. The molecule has 18 heavy (non-hydrogen) atoms. The lowest BCUT2D eigenvalue weighted by Crippen LogP contribution is -1.82. The fourth-order valence-corrected chi connectivity index (χ4v) is 2.41. The molecule has 0 aliphatic heterocycles. The summed E-state index contributed by atoms with van der Waals surface area (Å²) in [4.78, 5) is 3.42. The van der Waals surface area contributed by atoms with E-state index in [9.17, 15) is 0 Å². The molecule has 0 spiro atoms. The number of ether oxygens (including phenoxy) is 1. The van der Waals surface area contributed by atoms with E-state index in [0.29, 0.717) is 0 Å². The average molecular weight is 237 g/mol. The maximum absolute atomic E-state index is 5.31. The molecule has 0 bridgehead atoms. The van der Waals surface area contributed by atoms with E-state index in [1.165, 1.54) is 22.2 Å². The third kappa shape index (κ3) is 1.66. The lowest BCUT2D eigenvalue weighted by atomic mass is 10.0. The number of aromatic amines is 1. The van der Waals surface area contributed by atoms with Crippen LogP contribution in [0, 0.1) is 6.92 Å². The third-order valence-electron chi connectivity index (χ3n) is 3.26. The van der Waals surface area contributed by atoms with Crippen molar-refractivity contribution in [3.8, 4) is 16.9 Å². The van der Waals surface area contributed by atoms with Gasteiger partial charge in [-0.1, -0.05) is 30.3 Å². The summed E-state index contributed by atoms with van der Waals surface area (Å²) in [7, 11) is 1.70. The Labute approximate surface area is 106 Å². The van der Waals surface area contributed by atoms with Gasteiger partial charge in [-0.3, -0.25) is 0 Å². The number of aryl methyl sites for hydroxylation is 1. The van der Waals surface area contributed by atoms with Crippen molar-refractivity contribution in [1.29, 1.82) is 0 Å². The lowest BCUT2D eigenvalue weighted by molar-refractivity contribution is 0.415. The quantitative estimate of drug-likeness (QED) is 0.711. The van der Waals surface area contributed by atoms with Gasteiger partial charge in [-0.25, -0.2) is 0 Å². The first-order valence-corrected chi connectivity index (χ1v) is 6.01. The van der Waals surface area contributed by atoms with E-state index in [1.54, 1.807) is 7.11 Å². The van der Waals surface area contributed by atoms with Gasteiger partial charge in [0, 0.05) is 22.2 Å². The molecule has 1 heterocycles. The normalized spacial score (nSPS) is 10.8. The predicted octanol–water partition coefficient (Wildman–Crippen LogP) is 4.15. The third-order valence-corrected chi connectivity index (χ3v) is 3.26. The summed E-state index contributed by atoms with van der Waals surface area (Å²) < 4.78 is 5.31. The van der Waals surface area contributed by atoms with Crippen molar-refractivity contribution in [3.63, 3.8) is 0 Å². The zero-order valence-corrected chi connectivity index (χ0v) is 10.5. The minimum absolute atomic E-state index is 0.888. The molecular weight excluding hydrogens is 222 g/mol. The summed E-state index contributed by atoms with van der Waals surface area (Å²) in [6.45, 7) is 2.11. The van der Waals surface area contributed by atoms with Gasteiger partial charge in [0.15, 0.2) is 0 Å². The van der Waals surface area contributed by atoms with E-state index in [4.69, 9.17) is 4.74 Å². The highest BCUT2D eigenvalue weighted by atomic mass is 16.5. The molecule has 0 radical (unpaired) electrons. The van der Waals surface area contributed by atoms with E-state index in [2.05, 4.69) is 48.3 Å². The molecule has 0 saturated heterocycles. The summed E-state index contributed by atoms with van der Waals surface area (Å²) in [6, 6.07) is 16.6. The second-order valence-electron chi connectivity index (χ2n) is 4.40. The van der Waals surface area contributed by atoms with Crippen LogP contribution in [0.4, 0.5) is 0 Å². The Morgan fingerprint density at radius 1 is 1.00 bits per heavy atom. The molecule has 0 atom stereocenters. The summed E-state index contributed by atoms with van der Waals surface area (Å²) in [5.74, 6) is 0.888. The topological polar surface area (TPSA) is 25.0 Å². The Bertz CT molecular complexity index is 683.